The molecule has 8 heteroatoms. The standard InChI is InChI=1S/C29H24N4OS3/c30-27-24-21-16-22(18-10-4-1-5-11-18)36-25(19-12-6-2-7-13-19)26(21)37-28(24)33-29(32-27)35-17-23(34)31-20-14-8-3-9-15-20/h1-15,22,25H,16-17H2,(H,31,34)(H2,30,32,33). The normalized spacial score (nSPS) is 16.9. The first-order valence-corrected chi connectivity index (χ1v) is 14.7. The minimum absolute atomic E-state index is 0.102. The van der Waals surface area contributed by atoms with Gasteiger partial charge in [-0.1, -0.05) is 90.6 Å². The van der Waals surface area contributed by atoms with Gasteiger partial charge in [0.25, 0.3) is 0 Å². The average molecular weight is 541 g/mol. The summed E-state index contributed by atoms with van der Waals surface area (Å²) in [6.07, 6.45) is 0.882. The summed E-state index contributed by atoms with van der Waals surface area (Å²) in [6, 6.07) is 30.7. The zero-order valence-corrected chi connectivity index (χ0v) is 22.3. The summed E-state index contributed by atoms with van der Waals surface area (Å²) in [7, 11) is 0. The highest BCUT2D eigenvalue weighted by Gasteiger charge is 2.34. The number of anilines is 2. The lowest BCUT2D eigenvalue weighted by molar-refractivity contribution is -0.113. The van der Waals surface area contributed by atoms with Crippen molar-refractivity contribution >= 4 is 62.5 Å². The first kappa shape index (κ1) is 24.0. The van der Waals surface area contributed by atoms with E-state index in [-0.39, 0.29) is 16.9 Å². The number of nitrogens with one attached hydrogen (secondary N) is 1. The van der Waals surface area contributed by atoms with Gasteiger partial charge in [0.1, 0.15) is 10.6 Å². The van der Waals surface area contributed by atoms with Gasteiger partial charge in [-0.3, -0.25) is 4.79 Å². The number of hydrogen-bond donors (Lipinski definition) is 2. The minimum Gasteiger partial charge on any atom is -0.383 e. The van der Waals surface area contributed by atoms with Gasteiger partial charge in [-0.05, 0) is 35.2 Å². The summed E-state index contributed by atoms with van der Waals surface area (Å²) in [5, 5.41) is 4.89. The predicted molar refractivity (Wildman–Crippen MR) is 156 cm³/mol. The highest BCUT2D eigenvalue weighted by Crippen LogP contribution is 2.55. The molecule has 3 N–H and O–H groups in total. The van der Waals surface area contributed by atoms with Crippen LogP contribution >= 0.6 is 34.9 Å². The lowest BCUT2D eigenvalue weighted by atomic mass is 9.98. The number of nitrogens with zero attached hydrogens (tertiary/aromatic N) is 2. The number of para-hydroxylation sites is 1. The molecule has 2 atom stereocenters. The van der Waals surface area contributed by atoms with Gasteiger partial charge in [0.2, 0.25) is 5.91 Å². The van der Waals surface area contributed by atoms with E-state index < -0.39 is 0 Å². The number of nitrogen functional groups attached to an aromatic ring is 1. The van der Waals surface area contributed by atoms with Crippen molar-refractivity contribution in [3.63, 3.8) is 0 Å². The predicted octanol–water partition coefficient (Wildman–Crippen LogP) is 7.12. The molecule has 1 aliphatic heterocycles. The van der Waals surface area contributed by atoms with Gasteiger partial charge in [-0.25, -0.2) is 9.97 Å². The van der Waals surface area contributed by atoms with E-state index in [9.17, 15) is 4.79 Å². The highest BCUT2D eigenvalue weighted by atomic mass is 32.2. The smallest absolute Gasteiger partial charge is 0.234 e. The van der Waals surface area contributed by atoms with Gasteiger partial charge in [-0.2, -0.15) is 0 Å². The summed E-state index contributed by atoms with van der Waals surface area (Å²) in [5.74, 6) is 0.595. The average Bonchev–Trinajstić information content (AvgIpc) is 3.32. The van der Waals surface area contributed by atoms with E-state index >= 15 is 0 Å². The lowest BCUT2D eigenvalue weighted by Gasteiger charge is -2.30. The van der Waals surface area contributed by atoms with Crippen molar-refractivity contribution in [2.45, 2.75) is 22.1 Å². The minimum atomic E-state index is -0.102. The second-order valence-corrected chi connectivity index (χ2v) is 12.0. The topological polar surface area (TPSA) is 80.9 Å². The summed E-state index contributed by atoms with van der Waals surface area (Å²) in [5.41, 5.74) is 11.2. The molecule has 0 saturated carbocycles. The Kier molecular flexibility index (Phi) is 6.87. The Morgan fingerprint density at radius 3 is 2.27 bits per heavy atom. The molecule has 0 radical (unpaired) electrons. The van der Waals surface area contributed by atoms with E-state index in [1.54, 1.807) is 11.3 Å². The van der Waals surface area contributed by atoms with Crippen LogP contribution in [0.25, 0.3) is 10.2 Å². The third-order valence-electron chi connectivity index (χ3n) is 6.28. The molecule has 0 bridgehead atoms. The Bertz CT molecular complexity index is 1540. The zero-order valence-electron chi connectivity index (χ0n) is 19.8. The SMILES string of the molecule is Nc1nc(SCC(=O)Nc2ccccc2)nc2sc3c(c12)CC(c1ccccc1)SC3c1ccccc1. The fourth-order valence-electron chi connectivity index (χ4n) is 4.59. The molecule has 0 saturated heterocycles. The molecule has 1 aliphatic rings. The number of thiophene rings is 1. The van der Waals surface area contributed by atoms with E-state index in [1.807, 2.05) is 42.1 Å². The maximum atomic E-state index is 12.4. The van der Waals surface area contributed by atoms with Crippen molar-refractivity contribution < 1.29 is 4.79 Å². The molecule has 0 fully saturated rings. The fraction of sp³-hybridized carbons (Fsp3) is 0.138. The van der Waals surface area contributed by atoms with Crippen LogP contribution < -0.4 is 11.1 Å². The molecule has 3 aromatic carbocycles. The summed E-state index contributed by atoms with van der Waals surface area (Å²) in [4.78, 5) is 24.1. The van der Waals surface area contributed by atoms with Crippen LogP contribution in [0.5, 0.6) is 0 Å². The molecular formula is C29H24N4OS3. The van der Waals surface area contributed by atoms with Crippen LogP contribution in [0.1, 0.15) is 32.1 Å². The molecule has 37 heavy (non-hydrogen) atoms. The zero-order chi connectivity index (χ0) is 25.2. The van der Waals surface area contributed by atoms with Crippen LogP contribution in [-0.4, -0.2) is 21.6 Å². The Morgan fingerprint density at radius 2 is 1.57 bits per heavy atom. The van der Waals surface area contributed by atoms with Crippen molar-refractivity contribution in [3.8, 4) is 0 Å². The summed E-state index contributed by atoms with van der Waals surface area (Å²) in [6.45, 7) is 0. The number of thioether (sulfide) groups is 2. The van der Waals surface area contributed by atoms with Crippen LogP contribution in [0.15, 0.2) is 96.2 Å². The van der Waals surface area contributed by atoms with Gasteiger partial charge in [0, 0.05) is 15.8 Å². The number of nitrogens with two attached hydrogens (primary N) is 1. The molecule has 2 unspecified atom stereocenters. The Morgan fingerprint density at radius 1 is 0.919 bits per heavy atom. The first-order valence-electron chi connectivity index (χ1n) is 12.0. The number of aromatic nitrogens is 2. The maximum Gasteiger partial charge on any atom is 0.234 e. The van der Waals surface area contributed by atoms with Gasteiger partial charge >= 0.3 is 0 Å². The third-order valence-corrected chi connectivity index (χ3v) is 10.0. The number of benzene rings is 3. The van der Waals surface area contributed by atoms with Crippen LogP contribution in [0.4, 0.5) is 11.5 Å². The fourth-order valence-corrected chi connectivity index (χ4v) is 8.32. The van der Waals surface area contributed by atoms with Gasteiger partial charge < -0.3 is 11.1 Å². The first-order chi connectivity index (χ1) is 18.2. The third kappa shape index (κ3) is 5.09. The number of hydrogen-bond acceptors (Lipinski definition) is 7. The molecule has 5 nitrogen and oxygen atoms in total. The quantitative estimate of drug-likeness (QED) is 0.176. The molecule has 0 aliphatic carbocycles. The summed E-state index contributed by atoms with van der Waals surface area (Å²) >= 11 is 4.99. The summed E-state index contributed by atoms with van der Waals surface area (Å²) < 4.78 is 0. The molecule has 184 valence electrons. The van der Waals surface area contributed by atoms with Gasteiger partial charge in [0.15, 0.2) is 5.16 Å². The molecule has 3 heterocycles. The maximum absolute atomic E-state index is 12.4. The molecule has 6 rings (SSSR count). The second kappa shape index (κ2) is 10.6. The number of amides is 1. The Hall–Kier alpha value is -3.33. The van der Waals surface area contributed by atoms with Crippen molar-refractivity contribution in [2.24, 2.45) is 0 Å². The van der Waals surface area contributed by atoms with Crippen molar-refractivity contribution in [1.82, 2.24) is 9.97 Å². The van der Waals surface area contributed by atoms with Crippen LogP contribution in [0.2, 0.25) is 0 Å². The molecular weight excluding hydrogens is 517 g/mol. The Labute approximate surface area is 227 Å². The second-order valence-electron chi connectivity index (χ2n) is 8.75. The van der Waals surface area contributed by atoms with E-state index in [1.165, 1.54) is 33.3 Å². The number of carbonyl (C=O) groups is 1. The van der Waals surface area contributed by atoms with Crippen LogP contribution in [-0.2, 0) is 11.2 Å². The number of fused-ring (bicyclic) bond motifs is 3. The molecule has 0 spiro atoms. The van der Waals surface area contributed by atoms with E-state index in [4.69, 9.17) is 10.7 Å². The van der Waals surface area contributed by atoms with E-state index in [0.29, 0.717) is 16.2 Å². The highest BCUT2D eigenvalue weighted by molar-refractivity contribution is 8.00. The molecule has 1 amide bonds. The van der Waals surface area contributed by atoms with Crippen molar-refractivity contribution in [2.75, 3.05) is 16.8 Å². The number of rotatable bonds is 6. The molecule has 5 aromatic rings. The molecule has 2 aromatic heterocycles. The van der Waals surface area contributed by atoms with Crippen LogP contribution in [0.3, 0.4) is 0 Å². The van der Waals surface area contributed by atoms with Crippen molar-refractivity contribution in [3.05, 3.63) is 113 Å². The van der Waals surface area contributed by atoms with Crippen molar-refractivity contribution in [1.29, 1.82) is 0 Å². The lowest BCUT2D eigenvalue weighted by Crippen LogP contribution is -2.14. The van der Waals surface area contributed by atoms with Gasteiger partial charge in [0.05, 0.1) is 16.4 Å². The van der Waals surface area contributed by atoms with Gasteiger partial charge in [-0.15, -0.1) is 23.1 Å². The Balaban J connectivity index is 1.32. The van der Waals surface area contributed by atoms with Crippen LogP contribution in [0, 0.1) is 0 Å². The van der Waals surface area contributed by atoms with E-state index in [0.717, 1.165) is 22.3 Å². The monoisotopic (exact) mass is 540 g/mol. The van der Waals surface area contributed by atoms with E-state index in [2.05, 4.69) is 71.0 Å². The number of carbonyl (C=O) groups excluding carboxylic acids is 1. The largest absolute Gasteiger partial charge is 0.383 e.